The van der Waals surface area contributed by atoms with E-state index in [4.69, 9.17) is 0 Å². The van der Waals surface area contributed by atoms with Crippen molar-refractivity contribution in [1.29, 1.82) is 0 Å². The number of halogens is 3. The molecule has 0 aliphatic carbocycles. The summed E-state index contributed by atoms with van der Waals surface area (Å²) < 4.78 is 24.4. The van der Waals surface area contributed by atoms with Crippen molar-refractivity contribution in [3.8, 4) is 0 Å². The molecule has 0 unspecified atom stereocenters. The third-order valence-electron chi connectivity index (χ3n) is 3.44. The number of alkyl halides is 2. The molecule has 7 heteroatoms. The summed E-state index contributed by atoms with van der Waals surface area (Å²) in [6, 6.07) is -0.0448. The Morgan fingerprint density at radius 3 is 2.44 bits per heavy atom. The highest BCUT2D eigenvalue weighted by atomic mass is 35.5. The Morgan fingerprint density at radius 2 is 1.94 bits per heavy atom. The molecular formula is C11H20ClF2N3O. The molecule has 1 N–H and O–H groups in total. The van der Waals surface area contributed by atoms with Gasteiger partial charge in [-0.2, -0.15) is 0 Å². The molecule has 2 fully saturated rings. The Kier molecular flexibility index (Phi) is 6.25. The van der Waals surface area contributed by atoms with Crippen LogP contribution >= 0.6 is 12.4 Å². The Morgan fingerprint density at radius 1 is 1.28 bits per heavy atom. The normalized spacial score (nSPS) is 25.3. The van der Waals surface area contributed by atoms with Crippen LogP contribution in [0.25, 0.3) is 0 Å². The summed E-state index contributed by atoms with van der Waals surface area (Å²) in [7, 11) is 0. The molecule has 1 amide bonds. The predicted molar refractivity (Wildman–Crippen MR) is 67.3 cm³/mol. The molecule has 2 aliphatic heterocycles. The highest BCUT2D eigenvalue weighted by Gasteiger charge is 2.29. The molecule has 0 aromatic heterocycles. The smallest absolute Gasteiger partial charge is 0.251 e. The average Bonchev–Trinajstić information content (AvgIpc) is 2.82. The molecular weight excluding hydrogens is 264 g/mol. The summed E-state index contributed by atoms with van der Waals surface area (Å²) in [4.78, 5) is 15.5. The maximum atomic E-state index is 12.2. The molecule has 0 bridgehead atoms. The van der Waals surface area contributed by atoms with Gasteiger partial charge in [0.15, 0.2) is 0 Å². The minimum absolute atomic E-state index is 0. The van der Waals surface area contributed by atoms with Crippen molar-refractivity contribution >= 4 is 18.3 Å². The third kappa shape index (κ3) is 4.03. The molecule has 106 valence electrons. The lowest BCUT2D eigenvalue weighted by molar-refractivity contribution is -0.135. The maximum absolute atomic E-state index is 12.2. The van der Waals surface area contributed by atoms with Gasteiger partial charge in [0.2, 0.25) is 5.91 Å². The van der Waals surface area contributed by atoms with Gasteiger partial charge in [-0.05, 0) is 19.4 Å². The second-order valence-electron chi connectivity index (χ2n) is 4.67. The second kappa shape index (κ2) is 7.21. The predicted octanol–water partition coefficient (Wildman–Crippen LogP) is 0.569. The van der Waals surface area contributed by atoms with Crippen LogP contribution in [0.3, 0.4) is 0 Å². The summed E-state index contributed by atoms with van der Waals surface area (Å²) >= 11 is 0. The van der Waals surface area contributed by atoms with E-state index in [1.54, 1.807) is 9.80 Å². The van der Waals surface area contributed by atoms with Gasteiger partial charge in [-0.3, -0.25) is 9.69 Å². The van der Waals surface area contributed by atoms with Gasteiger partial charge in [-0.15, -0.1) is 12.4 Å². The summed E-state index contributed by atoms with van der Waals surface area (Å²) in [6.45, 7) is 2.99. The van der Waals surface area contributed by atoms with Crippen LogP contribution in [0.15, 0.2) is 0 Å². The minimum Gasteiger partial charge on any atom is -0.339 e. The lowest BCUT2D eigenvalue weighted by atomic mass is 10.2. The maximum Gasteiger partial charge on any atom is 0.251 e. The van der Waals surface area contributed by atoms with Gasteiger partial charge in [0.25, 0.3) is 6.43 Å². The van der Waals surface area contributed by atoms with E-state index < -0.39 is 6.43 Å². The molecule has 4 nitrogen and oxygen atoms in total. The molecule has 0 aromatic carbocycles. The van der Waals surface area contributed by atoms with Crippen LogP contribution in [0.4, 0.5) is 8.78 Å². The van der Waals surface area contributed by atoms with Gasteiger partial charge in [-0.25, -0.2) is 8.78 Å². The molecule has 0 radical (unpaired) electrons. The standard InChI is InChI=1S/C11H19F2N3O.ClH/c12-10(13)8-15-4-6-16(7-5-15)11(17)9-2-1-3-14-9;/h9-10,14H,1-8H2;1H/t9-;/m0./s1. The monoisotopic (exact) mass is 283 g/mol. The molecule has 2 aliphatic rings. The Labute approximate surface area is 112 Å². The number of nitrogens with zero attached hydrogens (tertiary/aromatic N) is 2. The Balaban J connectivity index is 0.00000162. The molecule has 2 saturated heterocycles. The van der Waals surface area contributed by atoms with E-state index in [0.717, 1.165) is 19.4 Å². The highest BCUT2D eigenvalue weighted by molar-refractivity contribution is 5.85. The number of carbonyl (C=O) groups excluding carboxylic acids is 1. The Bertz CT molecular complexity index is 267. The zero-order valence-corrected chi connectivity index (χ0v) is 11.1. The van der Waals surface area contributed by atoms with Crippen LogP contribution in [0, 0.1) is 0 Å². The van der Waals surface area contributed by atoms with Gasteiger partial charge in [0.05, 0.1) is 12.6 Å². The first kappa shape index (κ1) is 15.6. The van der Waals surface area contributed by atoms with Crippen LogP contribution in [0.5, 0.6) is 0 Å². The molecule has 2 heterocycles. The van der Waals surface area contributed by atoms with Gasteiger partial charge in [0, 0.05) is 26.2 Å². The van der Waals surface area contributed by atoms with Crippen molar-refractivity contribution < 1.29 is 13.6 Å². The number of amides is 1. The Hall–Kier alpha value is -0.460. The quantitative estimate of drug-likeness (QED) is 0.823. The first-order chi connectivity index (χ1) is 8.16. The number of hydrogen-bond donors (Lipinski definition) is 1. The first-order valence-electron chi connectivity index (χ1n) is 6.19. The zero-order valence-electron chi connectivity index (χ0n) is 10.3. The SMILES string of the molecule is Cl.O=C([C@@H]1CCCN1)N1CCN(CC(F)F)CC1. The number of carbonyl (C=O) groups is 1. The number of rotatable bonds is 3. The molecule has 18 heavy (non-hydrogen) atoms. The molecule has 0 saturated carbocycles. The largest absolute Gasteiger partial charge is 0.339 e. The van der Waals surface area contributed by atoms with Crippen molar-refractivity contribution in [1.82, 2.24) is 15.1 Å². The van der Waals surface area contributed by atoms with Crippen molar-refractivity contribution in [3.63, 3.8) is 0 Å². The summed E-state index contributed by atoms with van der Waals surface area (Å²) in [6.07, 6.45) is -0.341. The topological polar surface area (TPSA) is 35.6 Å². The van der Waals surface area contributed by atoms with Gasteiger partial charge < -0.3 is 10.2 Å². The van der Waals surface area contributed by atoms with Crippen LogP contribution in [-0.2, 0) is 4.79 Å². The van der Waals surface area contributed by atoms with E-state index in [2.05, 4.69) is 5.32 Å². The van der Waals surface area contributed by atoms with Crippen LogP contribution in [0.2, 0.25) is 0 Å². The van der Waals surface area contributed by atoms with Crippen molar-refractivity contribution in [3.05, 3.63) is 0 Å². The number of nitrogens with one attached hydrogen (secondary N) is 1. The summed E-state index contributed by atoms with van der Waals surface area (Å²) in [5, 5.41) is 3.17. The minimum atomic E-state index is -2.28. The van der Waals surface area contributed by atoms with E-state index in [9.17, 15) is 13.6 Å². The van der Waals surface area contributed by atoms with Crippen LogP contribution in [-0.4, -0.2) is 67.4 Å². The van der Waals surface area contributed by atoms with Gasteiger partial charge >= 0.3 is 0 Å². The fourth-order valence-electron chi connectivity index (χ4n) is 2.46. The van der Waals surface area contributed by atoms with E-state index >= 15 is 0 Å². The molecule has 1 atom stereocenters. The average molecular weight is 284 g/mol. The van der Waals surface area contributed by atoms with E-state index in [1.807, 2.05) is 0 Å². The number of piperazine rings is 1. The summed E-state index contributed by atoms with van der Waals surface area (Å²) in [5.41, 5.74) is 0. The zero-order chi connectivity index (χ0) is 12.3. The fourth-order valence-corrected chi connectivity index (χ4v) is 2.46. The van der Waals surface area contributed by atoms with Crippen molar-refractivity contribution in [2.45, 2.75) is 25.3 Å². The lowest BCUT2D eigenvalue weighted by Crippen LogP contribution is -2.53. The second-order valence-corrected chi connectivity index (χ2v) is 4.67. The van der Waals surface area contributed by atoms with Crippen LogP contribution < -0.4 is 5.32 Å². The lowest BCUT2D eigenvalue weighted by Gasteiger charge is -2.35. The van der Waals surface area contributed by atoms with Gasteiger partial charge in [-0.1, -0.05) is 0 Å². The first-order valence-corrected chi connectivity index (χ1v) is 6.19. The van der Waals surface area contributed by atoms with Crippen molar-refractivity contribution in [2.24, 2.45) is 0 Å². The van der Waals surface area contributed by atoms with Crippen LogP contribution in [0.1, 0.15) is 12.8 Å². The molecule has 0 aromatic rings. The third-order valence-corrected chi connectivity index (χ3v) is 3.44. The molecule has 0 spiro atoms. The van der Waals surface area contributed by atoms with E-state index in [0.29, 0.717) is 26.2 Å². The number of hydrogen-bond acceptors (Lipinski definition) is 3. The summed E-state index contributed by atoms with van der Waals surface area (Å²) in [5.74, 6) is 0.138. The highest BCUT2D eigenvalue weighted by Crippen LogP contribution is 2.11. The van der Waals surface area contributed by atoms with Crippen molar-refractivity contribution in [2.75, 3.05) is 39.3 Å². The van der Waals surface area contributed by atoms with Gasteiger partial charge in [0.1, 0.15) is 0 Å². The van der Waals surface area contributed by atoms with E-state index in [1.165, 1.54) is 0 Å². The van der Waals surface area contributed by atoms with E-state index in [-0.39, 0.29) is 30.9 Å². The fraction of sp³-hybridized carbons (Fsp3) is 0.909. The molecule has 2 rings (SSSR count).